The fraction of sp³-hybridized carbons (Fsp3) is 0.550. The molecule has 0 saturated heterocycles. The van der Waals surface area contributed by atoms with Gasteiger partial charge in [0.2, 0.25) is 5.92 Å². The van der Waals surface area contributed by atoms with Crippen LogP contribution in [-0.2, 0) is 6.54 Å². The van der Waals surface area contributed by atoms with Crippen molar-refractivity contribution in [2.75, 3.05) is 6.54 Å². The lowest BCUT2D eigenvalue weighted by Gasteiger charge is -2.28. The summed E-state index contributed by atoms with van der Waals surface area (Å²) >= 11 is 6.35. The van der Waals surface area contributed by atoms with Crippen LogP contribution in [0.1, 0.15) is 48.9 Å². The van der Waals surface area contributed by atoms with Crippen molar-refractivity contribution in [2.45, 2.75) is 56.6 Å². The Morgan fingerprint density at radius 2 is 1.96 bits per heavy atom. The molecule has 0 radical (unpaired) electrons. The molecule has 27 heavy (non-hydrogen) atoms. The highest BCUT2D eigenvalue weighted by Gasteiger charge is 2.41. The van der Waals surface area contributed by atoms with Gasteiger partial charge >= 0.3 is 0 Å². The van der Waals surface area contributed by atoms with Crippen molar-refractivity contribution in [3.63, 3.8) is 0 Å². The molecular weight excluding hydrogens is 374 g/mol. The fourth-order valence-electron chi connectivity index (χ4n) is 3.87. The van der Waals surface area contributed by atoms with Crippen LogP contribution in [0.5, 0.6) is 0 Å². The van der Waals surface area contributed by atoms with Crippen LogP contribution in [0.15, 0.2) is 24.4 Å². The second kappa shape index (κ2) is 6.74. The Balaban J connectivity index is 1.51. The Labute approximate surface area is 161 Å². The highest BCUT2D eigenvalue weighted by Crippen LogP contribution is 2.39. The summed E-state index contributed by atoms with van der Waals surface area (Å²) in [5.41, 5.74) is 0.571. The largest absolute Gasteiger partial charge is 0.388 e. The number of aromatic nitrogens is 1. The highest BCUT2D eigenvalue weighted by atomic mass is 35.5. The smallest absolute Gasteiger partial charge is 0.253 e. The van der Waals surface area contributed by atoms with Gasteiger partial charge in [0.25, 0.3) is 5.91 Å². The molecule has 2 fully saturated rings. The van der Waals surface area contributed by atoms with Crippen LogP contribution < -0.4 is 5.32 Å². The first kappa shape index (κ1) is 18.7. The average Bonchev–Trinajstić information content (AvgIpc) is 3.23. The standard InChI is InChI=1S/C20H23ClF2N2O2/c21-15-2-1-3-16-17(15)14(11-25(16)12-19(27)8-9-19)18(26)24-10-13-4-6-20(22,23)7-5-13/h1-3,11,13,27H,4-10,12H2,(H,24,26). The second-order valence-corrected chi connectivity index (χ2v) is 8.45. The third-order valence-electron chi connectivity index (χ3n) is 5.78. The number of amides is 1. The maximum atomic E-state index is 13.3. The number of fused-ring (bicyclic) bond motifs is 1. The highest BCUT2D eigenvalue weighted by molar-refractivity contribution is 6.36. The van der Waals surface area contributed by atoms with Gasteiger partial charge < -0.3 is 15.0 Å². The molecule has 2 aliphatic rings. The summed E-state index contributed by atoms with van der Waals surface area (Å²) in [4.78, 5) is 12.8. The first-order valence-corrected chi connectivity index (χ1v) is 9.80. The van der Waals surface area contributed by atoms with Gasteiger partial charge in [-0.15, -0.1) is 0 Å². The Hall–Kier alpha value is -1.66. The van der Waals surface area contributed by atoms with Gasteiger partial charge in [-0.2, -0.15) is 0 Å². The summed E-state index contributed by atoms with van der Waals surface area (Å²) in [7, 11) is 0. The zero-order valence-electron chi connectivity index (χ0n) is 15.0. The molecule has 1 aromatic carbocycles. The molecule has 0 atom stereocenters. The minimum atomic E-state index is -2.56. The summed E-state index contributed by atoms with van der Waals surface area (Å²) in [6, 6.07) is 5.44. The van der Waals surface area contributed by atoms with Crippen molar-refractivity contribution in [1.29, 1.82) is 0 Å². The molecule has 1 aromatic heterocycles. The van der Waals surface area contributed by atoms with Crippen molar-refractivity contribution in [1.82, 2.24) is 9.88 Å². The van der Waals surface area contributed by atoms with E-state index in [-0.39, 0.29) is 24.7 Å². The maximum Gasteiger partial charge on any atom is 0.253 e. The van der Waals surface area contributed by atoms with E-state index >= 15 is 0 Å². The summed E-state index contributed by atoms with van der Waals surface area (Å²) in [6.45, 7) is 0.810. The van der Waals surface area contributed by atoms with E-state index < -0.39 is 11.5 Å². The second-order valence-electron chi connectivity index (χ2n) is 8.04. The van der Waals surface area contributed by atoms with E-state index in [9.17, 15) is 18.7 Å². The van der Waals surface area contributed by atoms with Gasteiger partial charge in [-0.05, 0) is 43.7 Å². The van der Waals surface area contributed by atoms with E-state index in [1.54, 1.807) is 12.3 Å². The molecule has 0 unspecified atom stereocenters. The predicted molar refractivity (Wildman–Crippen MR) is 100 cm³/mol. The third kappa shape index (κ3) is 3.97. The molecule has 4 rings (SSSR count). The van der Waals surface area contributed by atoms with E-state index in [0.29, 0.717) is 41.9 Å². The van der Waals surface area contributed by atoms with E-state index in [1.807, 2.05) is 16.7 Å². The lowest BCUT2D eigenvalue weighted by Crippen LogP contribution is -2.33. The number of nitrogens with zero attached hydrogens (tertiary/aromatic N) is 1. The Morgan fingerprint density at radius 3 is 2.63 bits per heavy atom. The van der Waals surface area contributed by atoms with Gasteiger partial charge in [0, 0.05) is 31.0 Å². The molecule has 2 aromatic rings. The number of hydrogen-bond acceptors (Lipinski definition) is 2. The SMILES string of the molecule is O=C(NCC1CCC(F)(F)CC1)c1cn(CC2(O)CC2)c2cccc(Cl)c12. The van der Waals surface area contributed by atoms with E-state index in [2.05, 4.69) is 5.32 Å². The lowest BCUT2D eigenvalue weighted by molar-refractivity contribution is -0.0452. The van der Waals surface area contributed by atoms with Crippen LogP contribution in [0.4, 0.5) is 8.78 Å². The molecule has 4 nitrogen and oxygen atoms in total. The Bertz CT molecular complexity index is 866. The van der Waals surface area contributed by atoms with Crippen molar-refractivity contribution in [3.05, 3.63) is 35.0 Å². The van der Waals surface area contributed by atoms with Crippen LogP contribution >= 0.6 is 11.6 Å². The molecule has 0 bridgehead atoms. The maximum absolute atomic E-state index is 13.3. The van der Waals surface area contributed by atoms with Gasteiger partial charge in [-0.25, -0.2) is 8.78 Å². The minimum absolute atomic E-state index is 0.0737. The zero-order chi connectivity index (χ0) is 19.2. The van der Waals surface area contributed by atoms with Gasteiger partial charge in [0.15, 0.2) is 0 Å². The summed E-state index contributed by atoms with van der Waals surface area (Å²) in [5.74, 6) is -2.75. The lowest BCUT2D eigenvalue weighted by atomic mass is 9.87. The minimum Gasteiger partial charge on any atom is -0.388 e. The molecular formula is C20H23ClF2N2O2. The third-order valence-corrected chi connectivity index (χ3v) is 6.09. The number of alkyl halides is 2. The quantitative estimate of drug-likeness (QED) is 0.788. The number of aliphatic hydroxyl groups is 1. The first-order valence-electron chi connectivity index (χ1n) is 9.42. The molecule has 1 amide bonds. The molecule has 2 aliphatic carbocycles. The molecule has 0 spiro atoms. The van der Waals surface area contributed by atoms with Crippen molar-refractivity contribution in [3.8, 4) is 0 Å². The van der Waals surface area contributed by atoms with E-state index in [4.69, 9.17) is 11.6 Å². The Morgan fingerprint density at radius 1 is 1.26 bits per heavy atom. The van der Waals surface area contributed by atoms with Gasteiger partial charge in [-0.1, -0.05) is 17.7 Å². The monoisotopic (exact) mass is 396 g/mol. The number of rotatable bonds is 5. The number of hydrogen-bond donors (Lipinski definition) is 2. The topological polar surface area (TPSA) is 54.3 Å². The molecule has 0 aliphatic heterocycles. The van der Waals surface area contributed by atoms with E-state index in [0.717, 1.165) is 18.4 Å². The summed E-state index contributed by atoms with van der Waals surface area (Å²) < 4.78 is 28.4. The van der Waals surface area contributed by atoms with Crippen LogP contribution in [0.25, 0.3) is 10.9 Å². The van der Waals surface area contributed by atoms with Gasteiger partial charge in [-0.3, -0.25) is 4.79 Å². The van der Waals surface area contributed by atoms with Crippen LogP contribution in [0.3, 0.4) is 0 Å². The predicted octanol–water partition coefficient (Wildman–Crippen LogP) is 4.37. The van der Waals surface area contributed by atoms with Gasteiger partial charge in [0.05, 0.1) is 28.2 Å². The number of halogens is 3. The fourth-order valence-corrected chi connectivity index (χ4v) is 4.14. The van der Waals surface area contributed by atoms with E-state index in [1.165, 1.54) is 0 Å². The summed E-state index contributed by atoms with van der Waals surface area (Å²) in [5, 5.41) is 14.3. The van der Waals surface area contributed by atoms with Crippen LogP contribution in [0.2, 0.25) is 5.02 Å². The number of benzene rings is 1. The first-order chi connectivity index (χ1) is 12.8. The zero-order valence-corrected chi connectivity index (χ0v) is 15.7. The number of nitrogens with one attached hydrogen (secondary N) is 1. The average molecular weight is 397 g/mol. The molecule has 2 N–H and O–H groups in total. The number of carbonyl (C=O) groups excluding carboxylic acids is 1. The van der Waals surface area contributed by atoms with Gasteiger partial charge in [0.1, 0.15) is 0 Å². The Kier molecular flexibility index (Phi) is 4.67. The van der Waals surface area contributed by atoms with Crippen molar-refractivity contribution >= 4 is 28.4 Å². The summed E-state index contributed by atoms with van der Waals surface area (Å²) in [6.07, 6.45) is 3.85. The molecule has 146 valence electrons. The van der Waals surface area contributed by atoms with Crippen LogP contribution in [0, 0.1) is 5.92 Å². The van der Waals surface area contributed by atoms with Crippen molar-refractivity contribution < 1.29 is 18.7 Å². The molecule has 7 heteroatoms. The molecule has 2 saturated carbocycles. The number of carbonyl (C=O) groups is 1. The van der Waals surface area contributed by atoms with Crippen LogP contribution in [-0.4, -0.2) is 33.6 Å². The van der Waals surface area contributed by atoms with Crippen molar-refractivity contribution in [2.24, 2.45) is 5.92 Å². The molecule has 1 heterocycles. The normalized spacial score (nSPS) is 21.3.